The third kappa shape index (κ3) is 1.67. The van der Waals surface area contributed by atoms with Gasteiger partial charge in [-0.2, -0.15) is 0 Å². The van der Waals surface area contributed by atoms with Crippen molar-refractivity contribution >= 4 is 11.0 Å². The van der Waals surface area contributed by atoms with E-state index in [9.17, 15) is 0 Å². The molecular weight excluding hydrogens is 184 g/mol. The summed E-state index contributed by atoms with van der Waals surface area (Å²) in [5, 5.41) is 1.21. The zero-order valence-electron chi connectivity index (χ0n) is 10.1. The van der Waals surface area contributed by atoms with E-state index in [1.807, 2.05) is 6.92 Å². The highest BCUT2D eigenvalue weighted by Gasteiger charge is 2.21. The van der Waals surface area contributed by atoms with Gasteiger partial charge in [0.25, 0.3) is 0 Å². The minimum absolute atomic E-state index is 0.133. The summed E-state index contributed by atoms with van der Waals surface area (Å²) in [6.45, 7) is 10.8. The van der Waals surface area contributed by atoms with Gasteiger partial charge in [0.2, 0.25) is 0 Å². The maximum absolute atomic E-state index is 5.81. The number of hydrogen-bond acceptors (Lipinski definition) is 1. The van der Waals surface area contributed by atoms with Crippen LogP contribution in [0.25, 0.3) is 11.0 Å². The average molecular weight is 202 g/mol. The minimum atomic E-state index is 0.133. The van der Waals surface area contributed by atoms with Crippen LogP contribution in [0.4, 0.5) is 0 Å². The van der Waals surface area contributed by atoms with Gasteiger partial charge in [0.15, 0.2) is 0 Å². The van der Waals surface area contributed by atoms with Gasteiger partial charge in [-0.05, 0) is 30.9 Å². The van der Waals surface area contributed by atoms with Gasteiger partial charge in [-0.3, -0.25) is 0 Å². The molecule has 1 nitrogen and oxygen atoms in total. The average Bonchev–Trinajstić information content (AvgIpc) is 2.41. The minimum Gasteiger partial charge on any atom is -0.461 e. The van der Waals surface area contributed by atoms with Gasteiger partial charge in [-0.15, -0.1) is 0 Å². The summed E-state index contributed by atoms with van der Waals surface area (Å²) in [6.07, 6.45) is 0. The van der Waals surface area contributed by atoms with E-state index < -0.39 is 0 Å². The molecular formula is C14H18O. The third-order valence-corrected chi connectivity index (χ3v) is 2.77. The second kappa shape index (κ2) is 3.13. The summed E-state index contributed by atoms with van der Waals surface area (Å²) in [5.74, 6) is 0.987. The van der Waals surface area contributed by atoms with Crippen LogP contribution in [0, 0.1) is 13.8 Å². The van der Waals surface area contributed by atoms with Gasteiger partial charge in [0.1, 0.15) is 11.3 Å². The molecule has 0 aliphatic heterocycles. The molecule has 1 aromatic carbocycles. The predicted octanol–water partition coefficient (Wildman–Crippen LogP) is 4.35. The second-order valence-corrected chi connectivity index (χ2v) is 5.28. The van der Waals surface area contributed by atoms with Crippen molar-refractivity contribution in [2.75, 3.05) is 0 Å². The summed E-state index contributed by atoms with van der Waals surface area (Å²) in [6, 6.07) is 6.41. The fraction of sp³-hybridized carbons (Fsp3) is 0.429. The van der Waals surface area contributed by atoms with Crippen molar-refractivity contribution in [1.82, 2.24) is 0 Å². The summed E-state index contributed by atoms with van der Waals surface area (Å²) in [5.41, 5.74) is 3.82. The monoisotopic (exact) mass is 202 g/mol. The molecule has 1 aromatic heterocycles. The van der Waals surface area contributed by atoms with Crippen molar-refractivity contribution in [1.29, 1.82) is 0 Å². The van der Waals surface area contributed by atoms with Crippen LogP contribution < -0.4 is 0 Å². The topological polar surface area (TPSA) is 13.1 Å². The lowest BCUT2D eigenvalue weighted by atomic mass is 9.83. The molecule has 80 valence electrons. The smallest absolute Gasteiger partial charge is 0.138 e. The standard InChI is InChI=1S/C14H18O/c1-9-6-7-11-8-10(2)15-13(11)12(9)14(3,4)5/h6-8H,1-5H3. The Kier molecular flexibility index (Phi) is 2.14. The van der Waals surface area contributed by atoms with Crippen molar-refractivity contribution in [3.05, 3.63) is 35.1 Å². The molecule has 0 fully saturated rings. The van der Waals surface area contributed by atoms with E-state index in [2.05, 4.69) is 45.9 Å². The first-order chi connectivity index (χ1) is 6.89. The van der Waals surface area contributed by atoms with Crippen LogP contribution in [0.5, 0.6) is 0 Å². The zero-order chi connectivity index (χ0) is 11.2. The van der Waals surface area contributed by atoms with Gasteiger partial charge < -0.3 is 4.42 Å². The molecule has 0 aliphatic rings. The number of furan rings is 1. The van der Waals surface area contributed by atoms with Crippen molar-refractivity contribution in [3.8, 4) is 0 Å². The quantitative estimate of drug-likeness (QED) is 0.619. The lowest BCUT2D eigenvalue weighted by Gasteiger charge is -2.21. The molecule has 0 saturated carbocycles. The molecule has 2 rings (SSSR count). The van der Waals surface area contributed by atoms with E-state index in [0.29, 0.717) is 0 Å². The molecule has 0 aliphatic carbocycles. The Morgan fingerprint density at radius 1 is 1.07 bits per heavy atom. The van der Waals surface area contributed by atoms with Gasteiger partial charge in [0, 0.05) is 10.9 Å². The lowest BCUT2D eigenvalue weighted by Crippen LogP contribution is -2.13. The van der Waals surface area contributed by atoms with E-state index in [-0.39, 0.29) is 5.41 Å². The molecule has 0 amide bonds. The Hall–Kier alpha value is -1.24. The van der Waals surface area contributed by atoms with Crippen molar-refractivity contribution in [2.45, 2.75) is 40.0 Å². The van der Waals surface area contributed by atoms with Gasteiger partial charge in [-0.1, -0.05) is 32.9 Å². The Bertz CT molecular complexity index is 498. The maximum atomic E-state index is 5.81. The highest BCUT2D eigenvalue weighted by molar-refractivity contribution is 5.83. The number of rotatable bonds is 0. The van der Waals surface area contributed by atoms with Gasteiger partial charge in [-0.25, -0.2) is 0 Å². The van der Waals surface area contributed by atoms with E-state index in [1.54, 1.807) is 0 Å². The molecule has 15 heavy (non-hydrogen) atoms. The number of fused-ring (bicyclic) bond motifs is 1. The lowest BCUT2D eigenvalue weighted by molar-refractivity contribution is 0.540. The Labute approximate surface area is 91.1 Å². The maximum Gasteiger partial charge on any atom is 0.138 e. The molecule has 0 saturated heterocycles. The van der Waals surface area contributed by atoms with Crippen LogP contribution in [0.1, 0.15) is 37.7 Å². The second-order valence-electron chi connectivity index (χ2n) is 5.28. The van der Waals surface area contributed by atoms with Crippen molar-refractivity contribution < 1.29 is 4.42 Å². The number of aryl methyl sites for hydroxylation is 2. The van der Waals surface area contributed by atoms with Crippen LogP contribution in [-0.4, -0.2) is 0 Å². The van der Waals surface area contributed by atoms with E-state index >= 15 is 0 Å². The van der Waals surface area contributed by atoms with Gasteiger partial charge in [0.05, 0.1) is 0 Å². The van der Waals surface area contributed by atoms with Crippen LogP contribution in [-0.2, 0) is 5.41 Å². The highest BCUT2D eigenvalue weighted by atomic mass is 16.3. The Morgan fingerprint density at radius 3 is 2.33 bits per heavy atom. The summed E-state index contributed by atoms with van der Waals surface area (Å²) >= 11 is 0. The Morgan fingerprint density at radius 2 is 1.73 bits per heavy atom. The molecule has 0 N–H and O–H groups in total. The molecule has 1 heterocycles. The SMILES string of the molecule is Cc1cc2ccc(C)c(C(C)(C)C)c2o1. The first-order valence-corrected chi connectivity index (χ1v) is 5.40. The molecule has 0 unspecified atom stereocenters. The summed E-state index contributed by atoms with van der Waals surface area (Å²) < 4.78 is 5.81. The first kappa shape index (κ1) is 10.3. The van der Waals surface area contributed by atoms with Gasteiger partial charge >= 0.3 is 0 Å². The molecule has 0 radical (unpaired) electrons. The van der Waals surface area contributed by atoms with Crippen LogP contribution >= 0.6 is 0 Å². The number of benzene rings is 1. The summed E-state index contributed by atoms with van der Waals surface area (Å²) in [7, 11) is 0. The predicted molar refractivity (Wildman–Crippen MR) is 64.4 cm³/mol. The zero-order valence-corrected chi connectivity index (χ0v) is 10.1. The number of hydrogen-bond donors (Lipinski definition) is 0. The summed E-state index contributed by atoms with van der Waals surface area (Å²) in [4.78, 5) is 0. The molecule has 0 atom stereocenters. The van der Waals surface area contributed by atoms with Crippen molar-refractivity contribution in [2.24, 2.45) is 0 Å². The van der Waals surface area contributed by atoms with Crippen LogP contribution in [0.3, 0.4) is 0 Å². The Balaban J connectivity index is 2.85. The molecule has 0 spiro atoms. The fourth-order valence-electron chi connectivity index (χ4n) is 2.26. The normalized spacial score (nSPS) is 12.3. The largest absolute Gasteiger partial charge is 0.461 e. The third-order valence-electron chi connectivity index (χ3n) is 2.77. The van der Waals surface area contributed by atoms with E-state index in [1.165, 1.54) is 16.5 Å². The fourth-order valence-corrected chi connectivity index (χ4v) is 2.26. The van der Waals surface area contributed by atoms with Crippen LogP contribution in [0.2, 0.25) is 0 Å². The van der Waals surface area contributed by atoms with E-state index in [4.69, 9.17) is 4.42 Å². The van der Waals surface area contributed by atoms with Crippen molar-refractivity contribution in [3.63, 3.8) is 0 Å². The first-order valence-electron chi connectivity index (χ1n) is 5.40. The molecule has 1 heteroatoms. The molecule has 2 aromatic rings. The molecule has 0 bridgehead atoms. The van der Waals surface area contributed by atoms with Crippen LogP contribution in [0.15, 0.2) is 22.6 Å². The van der Waals surface area contributed by atoms with E-state index in [0.717, 1.165) is 11.3 Å². The highest BCUT2D eigenvalue weighted by Crippen LogP contribution is 2.34.